The number of benzene rings is 1. The molecule has 0 heterocycles. The molecular formula is C13H19NO3. The number of rotatable bonds is 6. The Bertz CT molecular complexity index is 377. The third kappa shape index (κ3) is 3.11. The van der Waals surface area contributed by atoms with Crippen molar-refractivity contribution in [2.75, 3.05) is 20.3 Å². The maximum Gasteiger partial charge on any atom is 0.123 e. The van der Waals surface area contributed by atoms with Gasteiger partial charge >= 0.3 is 0 Å². The Kier molecular flexibility index (Phi) is 3.86. The summed E-state index contributed by atoms with van der Waals surface area (Å²) in [5, 5.41) is 18.9. The molecule has 94 valence electrons. The van der Waals surface area contributed by atoms with Crippen molar-refractivity contribution in [1.29, 1.82) is 0 Å². The molecule has 1 saturated carbocycles. The number of ether oxygens (including phenoxy) is 1. The molecule has 17 heavy (non-hydrogen) atoms. The number of methoxy groups -OCH3 is 1. The second kappa shape index (κ2) is 5.38. The molecule has 4 heteroatoms. The van der Waals surface area contributed by atoms with E-state index in [0.29, 0.717) is 24.9 Å². The van der Waals surface area contributed by atoms with Crippen LogP contribution in [0.25, 0.3) is 0 Å². The van der Waals surface area contributed by atoms with Gasteiger partial charge in [-0.25, -0.2) is 0 Å². The van der Waals surface area contributed by atoms with Gasteiger partial charge in [-0.3, -0.25) is 4.90 Å². The molecule has 4 nitrogen and oxygen atoms in total. The zero-order chi connectivity index (χ0) is 12.3. The lowest BCUT2D eigenvalue weighted by Crippen LogP contribution is -2.28. The first-order valence-electron chi connectivity index (χ1n) is 5.95. The second-order valence-electron chi connectivity index (χ2n) is 4.42. The summed E-state index contributed by atoms with van der Waals surface area (Å²) in [5.41, 5.74) is 0.881. The summed E-state index contributed by atoms with van der Waals surface area (Å²) in [6, 6.07) is 5.92. The van der Waals surface area contributed by atoms with Crippen LogP contribution in [0, 0.1) is 0 Å². The third-order valence-corrected chi connectivity index (χ3v) is 3.12. The normalized spacial score (nSPS) is 15.2. The highest BCUT2D eigenvalue weighted by atomic mass is 16.5. The molecule has 0 amide bonds. The Balaban J connectivity index is 2.05. The highest BCUT2D eigenvalue weighted by Crippen LogP contribution is 2.31. The van der Waals surface area contributed by atoms with E-state index in [1.54, 1.807) is 13.2 Å². The van der Waals surface area contributed by atoms with Gasteiger partial charge in [0, 0.05) is 30.8 Å². The van der Waals surface area contributed by atoms with E-state index in [1.165, 1.54) is 12.8 Å². The maximum atomic E-state index is 9.87. The van der Waals surface area contributed by atoms with Crippen molar-refractivity contribution in [2.24, 2.45) is 0 Å². The van der Waals surface area contributed by atoms with Crippen molar-refractivity contribution in [2.45, 2.75) is 25.4 Å². The second-order valence-corrected chi connectivity index (χ2v) is 4.42. The molecule has 2 N–H and O–H groups in total. The van der Waals surface area contributed by atoms with E-state index < -0.39 is 0 Å². The predicted octanol–water partition coefficient (Wildman–Crippen LogP) is 1.36. The van der Waals surface area contributed by atoms with Crippen molar-refractivity contribution < 1.29 is 14.9 Å². The molecule has 0 radical (unpaired) electrons. The van der Waals surface area contributed by atoms with Crippen molar-refractivity contribution in [1.82, 2.24) is 4.90 Å². The monoisotopic (exact) mass is 237 g/mol. The minimum absolute atomic E-state index is 0.160. The summed E-state index contributed by atoms with van der Waals surface area (Å²) in [7, 11) is 1.58. The first-order valence-corrected chi connectivity index (χ1v) is 5.95. The van der Waals surface area contributed by atoms with Gasteiger partial charge in [0.25, 0.3) is 0 Å². The number of hydrogen-bond acceptors (Lipinski definition) is 4. The van der Waals surface area contributed by atoms with E-state index in [1.807, 2.05) is 12.1 Å². The Hall–Kier alpha value is -1.26. The Labute approximate surface area is 101 Å². The molecule has 1 fully saturated rings. The molecule has 0 atom stereocenters. The van der Waals surface area contributed by atoms with Gasteiger partial charge in [-0.15, -0.1) is 0 Å². The number of phenols is 1. The SMILES string of the molecule is COc1ccc(CN(CCO)C2CC2)c(O)c1. The predicted molar refractivity (Wildman–Crippen MR) is 65.2 cm³/mol. The fraction of sp³-hybridized carbons (Fsp3) is 0.538. The molecule has 1 aliphatic carbocycles. The van der Waals surface area contributed by atoms with Crippen LogP contribution in [0.15, 0.2) is 18.2 Å². The largest absolute Gasteiger partial charge is 0.507 e. The number of nitrogens with zero attached hydrogens (tertiary/aromatic N) is 1. The van der Waals surface area contributed by atoms with Gasteiger partial charge in [0.15, 0.2) is 0 Å². The van der Waals surface area contributed by atoms with Crippen LogP contribution in [0.3, 0.4) is 0 Å². The molecule has 2 rings (SSSR count). The van der Waals surface area contributed by atoms with Crippen LogP contribution in [-0.4, -0.2) is 41.4 Å². The molecule has 1 aromatic carbocycles. The van der Waals surface area contributed by atoms with Crippen molar-refractivity contribution in [3.8, 4) is 11.5 Å². The standard InChI is InChI=1S/C13H19NO3/c1-17-12-5-2-10(13(16)8-12)9-14(6-7-15)11-3-4-11/h2,5,8,11,15-16H,3-4,6-7,9H2,1H3. The van der Waals surface area contributed by atoms with E-state index in [-0.39, 0.29) is 12.4 Å². The lowest BCUT2D eigenvalue weighted by Gasteiger charge is -2.21. The molecule has 0 saturated heterocycles. The number of aliphatic hydroxyl groups is 1. The molecule has 0 aromatic heterocycles. The van der Waals surface area contributed by atoms with Gasteiger partial charge < -0.3 is 14.9 Å². The zero-order valence-corrected chi connectivity index (χ0v) is 10.1. The Morgan fingerprint density at radius 3 is 2.71 bits per heavy atom. The number of phenolic OH excluding ortho intramolecular Hbond substituents is 1. The Morgan fingerprint density at radius 1 is 1.41 bits per heavy atom. The summed E-state index contributed by atoms with van der Waals surface area (Å²) in [6.07, 6.45) is 2.38. The van der Waals surface area contributed by atoms with Gasteiger partial charge in [-0.05, 0) is 18.9 Å². The van der Waals surface area contributed by atoms with Crippen LogP contribution in [0.2, 0.25) is 0 Å². The fourth-order valence-corrected chi connectivity index (χ4v) is 1.98. The average Bonchev–Trinajstić information content (AvgIpc) is 3.14. The van der Waals surface area contributed by atoms with Gasteiger partial charge in [0.1, 0.15) is 11.5 Å². The minimum atomic E-state index is 0.160. The first kappa shape index (κ1) is 12.2. The minimum Gasteiger partial charge on any atom is -0.507 e. The van der Waals surface area contributed by atoms with Crippen LogP contribution < -0.4 is 4.74 Å². The smallest absolute Gasteiger partial charge is 0.123 e. The first-order chi connectivity index (χ1) is 8.24. The lowest BCUT2D eigenvalue weighted by molar-refractivity contribution is 0.182. The number of aliphatic hydroxyl groups excluding tert-OH is 1. The molecule has 0 unspecified atom stereocenters. The van der Waals surface area contributed by atoms with E-state index in [0.717, 1.165) is 5.56 Å². The van der Waals surface area contributed by atoms with Crippen LogP contribution in [-0.2, 0) is 6.54 Å². The van der Waals surface area contributed by atoms with Crippen LogP contribution >= 0.6 is 0 Å². The summed E-state index contributed by atoms with van der Waals surface area (Å²) in [5.74, 6) is 0.916. The molecular weight excluding hydrogens is 218 g/mol. The zero-order valence-electron chi connectivity index (χ0n) is 10.1. The summed E-state index contributed by atoms with van der Waals surface area (Å²) in [6.45, 7) is 1.50. The number of hydrogen-bond donors (Lipinski definition) is 2. The fourth-order valence-electron chi connectivity index (χ4n) is 1.98. The lowest BCUT2D eigenvalue weighted by atomic mass is 10.1. The van der Waals surface area contributed by atoms with Crippen LogP contribution in [0.1, 0.15) is 18.4 Å². The van der Waals surface area contributed by atoms with E-state index in [4.69, 9.17) is 9.84 Å². The molecule has 0 spiro atoms. The van der Waals surface area contributed by atoms with Crippen molar-refractivity contribution in [3.05, 3.63) is 23.8 Å². The van der Waals surface area contributed by atoms with Crippen molar-refractivity contribution in [3.63, 3.8) is 0 Å². The van der Waals surface area contributed by atoms with Crippen molar-refractivity contribution >= 4 is 0 Å². The topological polar surface area (TPSA) is 52.9 Å². The molecule has 1 aromatic rings. The van der Waals surface area contributed by atoms with Gasteiger partial charge in [-0.1, -0.05) is 6.07 Å². The highest BCUT2D eigenvalue weighted by molar-refractivity contribution is 5.39. The van der Waals surface area contributed by atoms with E-state index in [2.05, 4.69) is 4.90 Å². The average molecular weight is 237 g/mol. The quantitative estimate of drug-likeness (QED) is 0.784. The molecule has 1 aliphatic rings. The molecule has 0 bridgehead atoms. The van der Waals surface area contributed by atoms with Crippen LogP contribution in [0.5, 0.6) is 11.5 Å². The van der Waals surface area contributed by atoms with Gasteiger partial charge in [0.2, 0.25) is 0 Å². The van der Waals surface area contributed by atoms with Gasteiger partial charge in [0.05, 0.1) is 13.7 Å². The van der Waals surface area contributed by atoms with Gasteiger partial charge in [-0.2, -0.15) is 0 Å². The van der Waals surface area contributed by atoms with Crippen LogP contribution in [0.4, 0.5) is 0 Å². The Morgan fingerprint density at radius 2 is 2.18 bits per heavy atom. The van der Waals surface area contributed by atoms with E-state index >= 15 is 0 Å². The third-order valence-electron chi connectivity index (χ3n) is 3.12. The molecule has 0 aliphatic heterocycles. The number of aromatic hydroxyl groups is 1. The summed E-state index contributed by atoms with van der Waals surface area (Å²) >= 11 is 0. The summed E-state index contributed by atoms with van der Waals surface area (Å²) < 4.78 is 5.05. The maximum absolute atomic E-state index is 9.87. The van der Waals surface area contributed by atoms with E-state index in [9.17, 15) is 5.11 Å². The highest BCUT2D eigenvalue weighted by Gasteiger charge is 2.28. The summed E-state index contributed by atoms with van der Waals surface area (Å²) in [4.78, 5) is 2.21.